The number of carbonyl (C=O) groups is 2. The summed E-state index contributed by atoms with van der Waals surface area (Å²) in [7, 11) is 0. The second kappa shape index (κ2) is 8.30. The van der Waals surface area contributed by atoms with Crippen LogP contribution in [-0.2, 0) is 11.2 Å². The predicted molar refractivity (Wildman–Crippen MR) is 123 cm³/mol. The third-order valence-corrected chi connectivity index (χ3v) is 6.40. The topological polar surface area (TPSA) is 144 Å². The zero-order chi connectivity index (χ0) is 24.0. The number of hydrogen-bond acceptors (Lipinski definition) is 9. The number of fused-ring (bicyclic) bond motifs is 1. The molecule has 0 radical (unpaired) electrons. The minimum absolute atomic E-state index is 0.00480. The van der Waals surface area contributed by atoms with Crippen LogP contribution in [0.25, 0.3) is 16.2 Å². The molecular formula is C22H17FN6O4S. The van der Waals surface area contributed by atoms with Crippen LogP contribution in [0.15, 0.2) is 47.0 Å². The number of carbonyl (C=O) groups excluding carboxylic acids is 1. The number of rotatable bonds is 6. The van der Waals surface area contributed by atoms with E-state index in [1.807, 2.05) is 0 Å². The molecule has 172 valence electrons. The van der Waals surface area contributed by atoms with Crippen LogP contribution >= 0.6 is 11.3 Å². The fourth-order valence-corrected chi connectivity index (χ4v) is 4.43. The summed E-state index contributed by atoms with van der Waals surface area (Å²) in [4.78, 5) is 50.9. The van der Waals surface area contributed by atoms with E-state index >= 15 is 0 Å². The minimum atomic E-state index is -1.43. The highest BCUT2D eigenvalue weighted by Gasteiger charge is 2.35. The van der Waals surface area contributed by atoms with Gasteiger partial charge in [0.05, 0.1) is 11.3 Å². The highest BCUT2D eigenvalue weighted by Crippen LogP contribution is 2.29. The Labute approximate surface area is 195 Å². The minimum Gasteiger partial charge on any atom is -0.477 e. The molecule has 0 unspecified atom stereocenters. The first-order chi connectivity index (χ1) is 16.3. The Kier molecular flexibility index (Phi) is 5.28. The largest absolute Gasteiger partial charge is 0.477 e. The number of thiazole rings is 1. The van der Waals surface area contributed by atoms with Crippen molar-refractivity contribution < 1.29 is 19.1 Å². The number of hydrogen-bond donors (Lipinski definition) is 2. The van der Waals surface area contributed by atoms with Gasteiger partial charge < -0.3 is 15.7 Å². The molecular weight excluding hydrogens is 463 g/mol. The average molecular weight is 480 g/mol. The molecule has 1 saturated heterocycles. The Balaban J connectivity index is 1.45. The van der Waals surface area contributed by atoms with E-state index in [-0.39, 0.29) is 48.1 Å². The summed E-state index contributed by atoms with van der Waals surface area (Å²) in [5.74, 6) is -2.15. The summed E-state index contributed by atoms with van der Waals surface area (Å²) >= 11 is 1.21. The van der Waals surface area contributed by atoms with E-state index in [9.17, 15) is 23.9 Å². The molecule has 4 aromatic heterocycles. The smallest absolute Gasteiger partial charge is 0.341 e. The van der Waals surface area contributed by atoms with Crippen LogP contribution in [0.5, 0.6) is 0 Å². The van der Waals surface area contributed by atoms with Gasteiger partial charge in [-0.1, -0.05) is 6.07 Å². The van der Waals surface area contributed by atoms with Gasteiger partial charge in [-0.25, -0.2) is 24.1 Å². The van der Waals surface area contributed by atoms with Gasteiger partial charge in [-0.3, -0.25) is 14.2 Å². The van der Waals surface area contributed by atoms with Crippen LogP contribution in [0.2, 0.25) is 0 Å². The zero-order valence-corrected chi connectivity index (χ0v) is 18.3. The number of nitrogens with two attached hydrogens (primary N) is 1. The molecule has 1 fully saturated rings. The van der Waals surface area contributed by atoms with Crippen molar-refractivity contribution >= 4 is 45.8 Å². The SMILES string of the molecule is Nc1ccc(CC(=O)C2CN(c3nc4c(cc3F)c(=O)c(C(=O)O)cn4-c3nccs3)C2)cn1. The van der Waals surface area contributed by atoms with Crippen LogP contribution in [-0.4, -0.2) is 49.5 Å². The Morgan fingerprint density at radius 1 is 1.26 bits per heavy atom. The fourth-order valence-electron chi connectivity index (χ4n) is 3.81. The van der Waals surface area contributed by atoms with Gasteiger partial charge in [0.15, 0.2) is 22.4 Å². The Hall–Kier alpha value is -4.19. The molecule has 0 bridgehead atoms. The number of aromatic carboxylic acids is 1. The number of nitrogens with zero attached hydrogens (tertiary/aromatic N) is 5. The highest BCUT2D eigenvalue weighted by atomic mass is 32.1. The lowest BCUT2D eigenvalue weighted by Crippen LogP contribution is -2.51. The predicted octanol–water partition coefficient (Wildman–Crippen LogP) is 1.90. The zero-order valence-electron chi connectivity index (χ0n) is 17.5. The van der Waals surface area contributed by atoms with Crippen molar-refractivity contribution in [2.45, 2.75) is 6.42 Å². The number of Topliss-reactive ketones (excluding diaryl/α,β-unsaturated/α-hetero) is 1. The lowest BCUT2D eigenvalue weighted by atomic mass is 9.91. The van der Waals surface area contributed by atoms with Gasteiger partial charge in [0.25, 0.3) is 0 Å². The molecule has 4 aromatic rings. The maximum Gasteiger partial charge on any atom is 0.341 e. The number of nitrogen functional groups attached to an aromatic ring is 1. The van der Waals surface area contributed by atoms with Crippen molar-refractivity contribution in [1.82, 2.24) is 19.5 Å². The quantitative estimate of drug-likeness (QED) is 0.423. The standard InChI is InChI=1S/C22H17FN6O4S/c23-15-6-13-18(31)14(21(32)33)10-29(22-25-3-4-34-22)19(13)27-20(15)28-8-12(9-28)16(30)5-11-1-2-17(24)26-7-11/h1-4,6-7,10,12H,5,8-9H2,(H2,24,26)(H,32,33). The lowest BCUT2D eigenvalue weighted by molar-refractivity contribution is -0.122. The third-order valence-electron chi connectivity index (χ3n) is 5.63. The molecule has 34 heavy (non-hydrogen) atoms. The second-order valence-corrected chi connectivity index (χ2v) is 8.74. The van der Waals surface area contributed by atoms with Crippen molar-refractivity contribution in [3.05, 3.63) is 69.3 Å². The molecule has 5 heterocycles. The van der Waals surface area contributed by atoms with Gasteiger partial charge in [-0.05, 0) is 17.7 Å². The monoisotopic (exact) mass is 480 g/mol. The molecule has 0 spiro atoms. The van der Waals surface area contributed by atoms with Gasteiger partial charge in [-0.15, -0.1) is 11.3 Å². The van der Waals surface area contributed by atoms with E-state index in [0.29, 0.717) is 10.9 Å². The summed E-state index contributed by atoms with van der Waals surface area (Å²) < 4.78 is 16.3. The second-order valence-electron chi connectivity index (χ2n) is 7.86. The highest BCUT2D eigenvalue weighted by molar-refractivity contribution is 7.12. The first-order valence-electron chi connectivity index (χ1n) is 10.2. The summed E-state index contributed by atoms with van der Waals surface area (Å²) in [6.07, 6.45) is 4.42. The molecule has 0 saturated carbocycles. The molecule has 1 aliphatic rings. The van der Waals surface area contributed by atoms with E-state index in [4.69, 9.17) is 5.73 Å². The maximum atomic E-state index is 15.0. The number of ketones is 1. The normalized spacial score (nSPS) is 13.7. The number of aromatic nitrogens is 4. The Morgan fingerprint density at radius 2 is 2.06 bits per heavy atom. The molecule has 5 rings (SSSR count). The van der Waals surface area contributed by atoms with Crippen molar-refractivity contribution in [3.8, 4) is 5.13 Å². The molecule has 0 amide bonds. The number of carboxylic acid groups (broad SMARTS) is 1. The molecule has 12 heteroatoms. The average Bonchev–Trinajstić information content (AvgIpc) is 3.30. The van der Waals surface area contributed by atoms with E-state index in [2.05, 4.69) is 15.0 Å². The number of pyridine rings is 3. The Bertz CT molecular complexity index is 1480. The van der Waals surface area contributed by atoms with Crippen molar-refractivity contribution in [2.24, 2.45) is 5.92 Å². The molecule has 0 atom stereocenters. The van der Waals surface area contributed by atoms with Crippen LogP contribution in [0, 0.1) is 11.7 Å². The lowest BCUT2D eigenvalue weighted by Gasteiger charge is -2.39. The molecule has 1 aliphatic heterocycles. The van der Waals surface area contributed by atoms with E-state index in [1.165, 1.54) is 22.1 Å². The molecule has 0 aliphatic carbocycles. The number of halogens is 1. The first kappa shape index (κ1) is 21.6. The Morgan fingerprint density at radius 3 is 2.71 bits per heavy atom. The van der Waals surface area contributed by atoms with Gasteiger partial charge in [-0.2, -0.15) is 0 Å². The van der Waals surface area contributed by atoms with Crippen molar-refractivity contribution in [2.75, 3.05) is 23.7 Å². The van der Waals surface area contributed by atoms with Crippen LogP contribution in [0.4, 0.5) is 16.0 Å². The molecule has 3 N–H and O–H groups in total. The number of carboxylic acids is 1. The summed E-state index contributed by atoms with van der Waals surface area (Å²) in [5, 5.41) is 11.3. The third kappa shape index (κ3) is 3.77. The molecule has 10 nitrogen and oxygen atoms in total. The van der Waals surface area contributed by atoms with E-state index in [1.54, 1.807) is 28.6 Å². The summed E-state index contributed by atoms with van der Waals surface area (Å²) in [6, 6.07) is 4.36. The first-order valence-corrected chi connectivity index (χ1v) is 11.1. The van der Waals surface area contributed by atoms with Crippen LogP contribution in [0.1, 0.15) is 15.9 Å². The van der Waals surface area contributed by atoms with Crippen molar-refractivity contribution in [1.29, 1.82) is 0 Å². The van der Waals surface area contributed by atoms with Gasteiger partial charge >= 0.3 is 5.97 Å². The molecule has 0 aromatic carbocycles. The van der Waals surface area contributed by atoms with Gasteiger partial charge in [0, 0.05) is 43.5 Å². The van der Waals surface area contributed by atoms with Crippen LogP contribution < -0.4 is 16.1 Å². The van der Waals surface area contributed by atoms with Crippen molar-refractivity contribution in [3.63, 3.8) is 0 Å². The van der Waals surface area contributed by atoms with E-state index in [0.717, 1.165) is 17.8 Å². The van der Waals surface area contributed by atoms with Gasteiger partial charge in [0.1, 0.15) is 17.2 Å². The fraction of sp³-hybridized carbons (Fsp3) is 0.182. The van der Waals surface area contributed by atoms with Gasteiger partial charge in [0.2, 0.25) is 5.43 Å². The summed E-state index contributed by atoms with van der Waals surface area (Å²) in [5.41, 5.74) is 5.06. The van der Waals surface area contributed by atoms with Crippen LogP contribution in [0.3, 0.4) is 0 Å². The van der Waals surface area contributed by atoms with E-state index < -0.39 is 22.8 Å². The maximum absolute atomic E-state index is 15.0. The summed E-state index contributed by atoms with van der Waals surface area (Å²) in [6.45, 7) is 0.538. The number of anilines is 2.